The average molecular weight is 2210 g/mol. The Hall–Kier alpha value is -12.9. The number of benzene rings is 6. The summed E-state index contributed by atoms with van der Waals surface area (Å²) in [5, 5.41) is 0. The van der Waals surface area contributed by atoms with Gasteiger partial charge in [-0.3, -0.25) is 0 Å². The SMILES string of the molecule is CO[Si](CCCc1ccc(-c2ccc(F)cc2)cc1)(OC)OC.Cc1ccc(-c2ccc(F)cc2)cc1.Cc1ccc(-c2ccc(F)cc2)cc1.FC(F)=C(F)F.FC(F)=C(F)F.FC(F)=C(F)F.FC(F)=C(F)F.FC(F)=C(F)F.FC(F)=C(F)F.FC(F)=C(F)F.FC(F)=C(F)F.FC(F)=C(F)F.FC(F)=C(F)F.FC(F)=C(F)F.FC(F)=C(F)F.FC(F)=C(F)F.FC(F)=C(F)F.FC(F)=C(F)F. The summed E-state index contributed by atoms with van der Waals surface area (Å²) in [4.78, 5) is 0. The van der Waals surface area contributed by atoms with Crippen molar-refractivity contribution in [3.05, 3.63) is 362 Å². The van der Waals surface area contributed by atoms with E-state index in [1.807, 2.05) is 24.3 Å². The van der Waals surface area contributed by atoms with E-state index in [4.69, 9.17) is 13.3 Å². The van der Waals surface area contributed by atoms with Gasteiger partial charge in [0, 0.05) is 27.4 Å². The van der Waals surface area contributed by atoms with E-state index in [1.54, 1.807) is 57.7 Å². The Morgan fingerprint density at radius 2 is 0.262 bits per heavy atom. The molecule has 0 aliphatic rings. The van der Waals surface area contributed by atoms with Gasteiger partial charge < -0.3 is 13.3 Å². The highest BCUT2D eigenvalue weighted by molar-refractivity contribution is 6.60. The lowest BCUT2D eigenvalue weighted by molar-refractivity contribution is 0.123. The maximum atomic E-state index is 13.0. The summed E-state index contributed by atoms with van der Waals surface area (Å²) in [5.74, 6) is -0.603. The highest BCUT2D eigenvalue weighted by atomic mass is 28.4. The molecule has 141 heavy (non-hydrogen) atoms. The topological polar surface area (TPSA) is 27.7 Å². The molecule has 0 saturated carbocycles. The van der Waals surface area contributed by atoms with Crippen LogP contribution in [-0.4, -0.2) is 30.1 Å². The molecule has 0 spiro atoms. The van der Waals surface area contributed by atoms with Crippen LogP contribution in [0.15, 0.2) is 328 Å². The third-order valence-electron chi connectivity index (χ3n) is 10.6. The molecule has 6 aromatic carbocycles. The molecule has 0 bridgehead atoms. The second-order valence-corrected chi connectivity index (χ2v) is 23.0. The summed E-state index contributed by atoms with van der Waals surface area (Å²) in [6.07, 6.45) is -85.3. The first-order chi connectivity index (χ1) is 64.3. The Balaban J connectivity index is -0.000000128. The van der Waals surface area contributed by atoms with Crippen LogP contribution in [0.5, 0.6) is 0 Å². The number of hydrogen-bond acceptors (Lipinski definition) is 3. The molecule has 0 atom stereocenters. The second-order valence-electron chi connectivity index (χ2n) is 19.9. The Kier molecular flexibility index (Phi) is 99.0. The molecule has 0 aliphatic heterocycles. The predicted molar refractivity (Wildman–Crippen MR) is 377 cm³/mol. The third kappa shape index (κ3) is 109. The second kappa shape index (κ2) is 90.9. The van der Waals surface area contributed by atoms with Gasteiger partial charge in [-0.2, -0.15) is 263 Å². The van der Waals surface area contributed by atoms with E-state index in [-0.39, 0.29) is 17.5 Å². The highest BCUT2D eigenvalue weighted by Gasteiger charge is 2.37. The molecule has 0 aromatic heterocycles. The van der Waals surface area contributed by atoms with Gasteiger partial charge in [0.15, 0.2) is 0 Å². The van der Waals surface area contributed by atoms with E-state index < -0.39 is 191 Å². The van der Waals surface area contributed by atoms with E-state index in [2.05, 4.69) is 62.4 Å². The fourth-order valence-corrected chi connectivity index (χ4v) is 7.07. The largest absolute Gasteiger partial charge is 0.500 e. The van der Waals surface area contributed by atoms with Crippen LogP contribution in [0, 0.1) is 31.3 Å². The standard InChI is InChI=1S/C18H23FO3Si.2C13H11F.15C2F4/c1-20-23(21-2,22-3)14-4-5-15-6-8-16(9-7-15)17-10-12-18(19)13-11-17;2*1-10-2-4-11(5-3-10)12-6-8-13(14)9-7-12;15*3-1(4)2(5)6/h6-13H,4-5,14H2,1-3H3;2*2-9H,1H3;;;;;;;;;;;;;;;. The van der Waals surface area contributed by atoms with Crippen molar-refractivity contribution in [2.24, 2.45) is 0 Å². The molecule has 67 heteroatoms. The summed E-state index contributed by atoms with van der Waals surface area (Å²) in [7, 11) is 2.43. The van der Waals surface area contributed by atoms with Gasteiger partial charge in [0.2, 0.25) is 0 Å². The molecule has 0 N–H and O–H groups in total. The van der Waals surface area contributed by atoms with Crippen LogP contribution in [0.4, 0.5) is 277 Å². The van der Waals surface area contributed by atoms with Gasteiger partial charge in [-0.1, -0.05) is 120 Å². The normalized spacial score (nSPS) is 9.02. The van der Waals surface area contributed by atoms with Gasteiger partial charge in [-0.05, 0) is 102 Å². The van der Waals surface area contributed by atoms with E-state index >= 15 is 0 Å². The number of aryl methyl sites for hydroxylation is 3. The van der Waals surface area contributed by atoms with Crippen molar-refractivity contribution in [1.82, 2.24) is 0 Å². The quantitative estimate of drug-likeness (QED) is 0.101. The lowest BCUT2D eigenvalue weighted by Crippen LogP contribution is -2.42. The molecule has 0 saturated heterocycles. The predicted octanol–water partition coefficient (Wildman–Crippen LogP) is 41.8. The molecule has 804 valence electrons. The molecule has 0 amide bonds. The Bertz CT molecular complexity index is 3830. The van der Waals surface area contributed by atoms with Crippen molar-refractivity contribution in [2.75, 3.05) is 21.3 Å². The smallest absolute Gasteiger partial charge is 0.377 e. The molecule has 0 unspecified atom stereocenters. The van der Waals surface area contributed by atoms with Crippen molar-refractivity contribution >= 4 is 8.80 Å². The zero-order valence-electron chi connectivity index (χ0n) is 67.5. The minimum Gasteiger partial charge on any atom is -0.377 e. The zero-order chi connectivity index (χ0) is 114. The Morgan fingerprint density at radius 3 is 0.362 bits per heavy atom. The van der Waals surface area contributed by atoms with E-state index in [0.29, 0.717) is 0 Å². The summed E-state index contributed by atoms with van der Waals surface area (Å²) in [6.45, 7) is 4.10. The lowest BCUT2D eigenvalue weighted by Gasteiger charge is -2.24. The minimum atomic E-state index is -2.91. The van der Waals surface area contributed by atoms with Crippen molar-refractivity contribution in [3.8, 4) is 33.4 Å². The van der Waals surface area contributed by atoms with Gasteiger partial charge >= 0.3 is 191 Å². The van der Waals surface area contributed by atoms with Crippen LogP contribution in [0.1, 0.15) is 23.1 Å². The molecule has 6 rings (SSSR count). The number of hydrogen-bond donors (Lipinski definition) is 0. The van der Waals surface area contributed by atoms with Crippen LogP contribution < -0.4 is 0 Å². The maximum absolute atomic E-state index is 13.0. The monoisotopic (exact) mass is 2210 g/mol. The number of halogens is 63. The van der Waals surface area contributed by atoms with Crippen LogP contribution in [0.3, 0.4) is 0 Å². The van der Waals surface area contributed by atoms with E-state index in [1.165, 1.54) is 53.1 Å². The molecule has 0 fully saturated rings. The zero-order valence-corrected chi connectivity index (χ0v) is 68.5. The van der Waals surface area contributed by atoms with Gasteiger partial charge in [0.05, 0.1) is 0 Å². The van der Waals surface area contributed by atoms with Gasteiger partial charge in [-0.15, -0.1) is 0 Å². The highest BCUT2D eigenvalue weighted by Crippen LogP contribution is 2.26. The van der Waals surface area contributed by atoms with Crippen LogP contribution in [-0.2, 0) is 19.7 Å². The van der Waals surface area contributed by atoms with Gasteiger partial charge in [0.1, 0.15) is 17.5 Å². The molecule has 6 aromatic rings. The first kappa shape index (κ1) is 154. The lowest BCUT2D eigenvalue weighted by atomic mass is 10.0. The first-order valence-electron chi connectivity index (χ1n) is 31.9. The van der Waals surface area contributed by atoms with E-state index in [0.717, 1.165) is 52.3 Å². The number of rotatable bonds is 10. The van der Waals surface area contributed by atoms with Crippen LogP contribution in [0.25, 0.3) is 33.4 Å². The summed E-state index contributed by atoms with van der Waals surface area (Å²) >= 11 is 0. The van der Waals surface area contributed by atoms with Crippen molar-refractivity contribution < 1.29 is 290 Å². The van der Waals surface area contributed by atoms with Crippen molar-refractivity contribution in [3.63, 3.8) is 0 Å². The molecule has 0 heterocycles. The summed E-state index contributed by atoms with van der Waals surface area (Å²) in [5.41, 5.74) is 10.2. The fraction of sp³-hybridized carbons (Fsp3) is 0.108. The minimum absolute atomic E-state index is 0.194. The Labute approximate surface area is 747 Å². The third-order valence-corrected chi connectivity index (χ3v) is 13.4. The van der Waals surface area contributed by atoms with Crippen LogP contribution >= 0.6 is 0 Å². The fourth-order valence-electron chi connectivity index (χ4n) is 5.35. The molecular weight excluding hydrogens is 2160 g/mol. The molecule has 3 nitrogen and oxygen atoms in total. The summed E-state index contributed by atoms with van der Waals surface area (Å²) in [6, 6.07) is 45.2. The van der Waals surface area contributed by atoms with E-state index in [9.17, 15) is 277 Å². The maximum Gasteiger partial charge on any atom is 0.500 e. The summed E-state index contributed by atoms with van der Waals surface area (Å²) < 4.78 is 672. The van der Waals surface area contributed by atoms with Crippen molar-refractivity contribution in [2.45, 2.75) is 32.7 Å². The average Bonchev–Trinajstić information content (AvgIpc) is 0.504. The van der Waals surface area contributed by atoms with Gasteiger partial charge in [0.25, 0.3) is 0 Å². The Morgan fingerprint density at radius 1 is 0.163 bits per heavy atom. The van der Waals surface area contributed by atoms with Crippen LogP contribution in [0.2, 0.25) is 6.04 Å². The molecular formula is C74H45F63O3Si. The first-order valence-corrected chi connectivity index (χ1v) is 33.8. The van der Waals surface area contributed by atoms with Crippen molar-refractivity contribution in [1.29, 1.82) is 0 Å². The molecule has 0 aliphatic carbocycles. The van der Waals surface area contributed by atoms with Gasteiger partial charge in [-0.25, -0.2) is 13.2 Å². The molecule has 0 radical (unpaired) electrons.